The first kappa shape index (κ1) is 7.45. The first-order chi connectivity index (χ1) is 4.27. The molecule has 0 aromatic rings. The summed E-state index contributed by atoms with van der Waals surface area (Å²) < 4.78 is 0. The minimum atomic E-state index is -0.715. The molecule has 0 spiro atoms. The summed E-state index contributed by atoms with van der Waals surface area (Å²) in [5, 5.41) is 11.4. The predicted molar refractivity (Wildman–Crippen MR) is 41.9 cm³/mol. The lowest BCUT2D eigenvalue weighted by atomic mass is 10.0. The molecule has 9 heavy (non-hydrogen) atoms. The van der Waals surface area contributed by atoms with Gasteiger partial charge in [-0.2, -0.15) is 0 Å². The standard InChI is InChI=1S/C6H9ClOS/c7-5-6(8)1-3-9-4-2-6/h1,3,8H,2,4-5H2. The van der Waals surface area contributed by atoms with Gasteiger partial charge in [0.2, 0.25) is 0 Å². The van der Waals surface area contributed by atoms with E-state index < -0.39 is 5.60 Å². The molecule has 52 valence electrons. The molecule has 0 saturated carbocycles. The predicted octanol–water partition coefficient (Wildman–Crippen LogP) is 1.61. The van der Waals surface area contributed by atoms with Crippen molar-refractivity contribution in [2.45, 2.75) is 12.0 Å². The summed E-state index contributed by atoms with van der Waals surface area (Å²) in [5.41, 5.74) is -0.715. The molecular weight excluding hydrogens is 156 g/mol. The second-order valence-electron chi connectivity index (χ2n) is 2.16. The van der Waals surface area contributed by atoms with E-state index >= 15 is 0 Å². The first-order valence-electron chi connectivity index (χ1n) is 2.84. The molecule has 0 amide bonds. The van der Waals surface area contributed by atoms with Gasteiger partial charge in [0.25, 0.3) is 0 Å². The van der Waals surface area contributed by atoms with Crippen LogP contribution in [0.2, 0.25) is 0 Å². The summed E-state index contributed by atoms with van der Waals surface area (Å²) in [6.07, 6.45) is 2.55. The summed E-state index contributed by atoms with van der Waals surface area (Å²) in [6, 6.07) is 0. The second kappa shape index (κ2) is 2.95. The highest BCUT2D eigenvalue weighted by Crippen LogP contribution is 2.24. The number of hydrogen-bond acceptors (Lipinski definition) is 2. The Balaban J connectivity index is 2.56. The average Bonchev–Trinajstić information content (AvgIpc) is 1.90. The molecule has 3 heteroatoms. The summed E-state index contributed by atoms with van der Waals surface area (Å²) >= 11 is 7.22. The van der Waals surface area contributed by atoms with Crippen molar-refractivity contribution in [3.8, 4) is 0 Å². The number of hydrogen-bond donors (Lipinski definition) is 1. The van der Waals surface area contributed by atoms with Crippen molar-refractivity contribution >= 4 is 23.4 Å². The van der Waals surface area contributed by atoms with Crippen LogP contribution < -0.4 is 0 Å². The Morgan fingerprint density at radius 1 is 1.78 bits per heavy atom. The highest BCUT2D eigenvalue weighted by molar-refractivity contribution is 8.02. The topological polar surface area (TPSA) is 20.2 Å². The quantitative estimate of drug-likeness (QED) is 0.595. The SMILES string of the molecule is OC1(CCl)C=CSCC1. The summed E-state index contributed by atoms with van der Waals surface area (Å²) in [7, 11) is 0. The molecule has 1 heterocycles. The third-order valence-corrected chi connectivity index (χ3v) is 2.59. The van der Waals surface area contributed by atoms with E-state index in [1.54, 1.807) is 17.8 Å². The maximum Gasteiger partial charge on any atom is 0.0978 e. The number of thioether (sulfide) groups is 1. The van der Waals surface area contributed by atoms with Gasteiger partial charge in [-0.1, -0.05) is 0 Å². The van der Waals surface area contributed by atoms with Crippen LogP contribution in [0.4, 0.5) is 0 Å². The van der Waals surface area contributed by atoms with E-state index in [9.17, 15) is 5.11 Å². The minimum Gasteiger partial charge on any atom is -0.384 e. The molecule has 0 bridgehead atoms. The number of aliphatic hydroxyl groups is 1. The Hall–Kier alpha value is 0.340. The molecule has 1 atom stereocenters. The van der Waals surface area contributed by atoms with Crippen LogP contribution in [-0.2, 0) is 0 Å². The molecule has 1 aliphatic rings. The van der Waals surface area contributed by atoms with Gasteiger partial charge in [0.15, 0.2) is 0 Å². The van der Waals surface area contributed by atoms with Gasteiger partial charge in [0.1, 0.15) is 0 Å². The molecule has 0 aromatic carbocycles. The Morgan fingerprint density at radius 3 is 2.89 bits per heavy atom. The molecule has 0 fully saturated rings. The first-order valence-corrected chi connectivity index (χ1v) is 4.43. The number of alkyl halides is 1. The smallest absolute Gasteiger partial charge is 0.0978 e. The van der Waals surface area contributed by atoms with E-state index in [-0.39, 0.29) is 0 Å². The van der Waals surface area contributed by atoms with Crippen LogP contribution in [0.25, 0.3) is 0 Å². The van der Waals surface area contributed by atoms with Gasteiger partial charge in [-0.05, 0) is 17.9 Å². The van der Waals surface area contributed by atoms with Gasteiger partial charge >= 0.3 is 0 Å². The molecule has 1 unspecified atom stereocenters. The highest BCUT2D eigenvalue weighted by Gasteiger charge is 2.23. The van der Waals surface area contributed by atoms with Crippen LogP contribution in [0.5, 0.6) is 0 Å². The van der Waals surface area contributed by atoms with E-state index in [0.717, 1.165) is 12.2 Å². The number of rotatable bonds is 1. The van der Waals surface area contributed by atoms with Gasteiger partial charge in [-0.15, -0.1) is 23.4 Å². The monoisotopic (exact) mass is 164 g/mol. The van der Waals surface area contributed by atoms with Gasteiger partial charge in [0, 0.05) is 5.75 Å². The Kier molecular flexibility index (Phi) is 2.44. The normalized spacial score (nSPS) is 34.9. The van der Waals surface area contributed by atoms with Crippen molar-refractivity contribution in [2.24, 2.45) is 0 Å². The van der Waals surface area contributed by atoms with Crippen LogP contribution in [0.3, 0.4) is 0 Å². The summed E-state index contributed by atoms with van der Waals surface area (Å²) in [4.78, 5) is 0. The van der Waals surface area contributed by atoms with Crippen LogP contribution in [-0.4, -0.2) is 22.3 Å². The molecule has 1 rings (SSSR count). The van der Waals surface area contributed by atoms with E-state index in [0.29, 0.717) is 5.88 Å². The zero-order valence-corrected chi connectivity index (χ0v) is 6.58. The van der Waals surface area contributed by atoms with Gasteiger partial charge in [-0.3, -0.25) is 0 Å². The third-order valence-electron chi connectivity index (χ3n) is 1.36. The van der Waals surface area contributed by atoms with E-state index in [1.807, 2.05) is 5.41 Å². The molecule has 1 aliphatic heterocycles. The van der Waals surface area contributed by atoms with Crippen molar-refractivity contribution in [3.63, 3.8) is 0 Å². The number of halogens is 1. The van der Waals surface area contributed by atoms with Crippen LogP contribution in [0.15, 0.2) is 11.5 Å². The molecule has 1 nitrogen and oxygen atoms in total. The fourth-order valence-corrected chi connectivity index (χ4v) is 1.85. The van der Waals surface area contributed by atoms with Crippen LogP contribution in [0.1, 0.15) is 6.42 Å². The Bertz CT molecular complexity index is 126. The molecule has 0 saturated heterocycles. The highest BCUT2D eigenvalue weighted by atomic mass is 35.5. The molecule has 1 N–H and O–H groups in total. The van der Waals surface area contributed by atoms with Gasteiger partial charge < -0.3 is 5.11 Å². The van der Waals surface area contributed by atoms with Crippen molar-refractivity contribution < 1.29 is 5.11 Å². The molecule has 0 aliphatic carbocycles. The molecule has 0 radical (unpaired) electrons. The third kappa shape index (κ3) is 1.88. The van der Waals surface area contributed by atoms with Crippen molar-refractivity contribution in [1.29, 1.82) is 0 Å². The van der Waals surface area contributed by atoms with E-state index in [1.165, 1.54) is 0 Å². The van der Waals surface area contributed by atoms with Crippen molar-refractivity contribution in [1.82, 2.24) is 0 Å². The maximum absolute atomic E-state index is 9.45. The Morgan fingerprint density at radius 2 is 2.56 bits per heavy atom. The molecule has 0 aromatic heterocycles. The lowest BCUT2D eigenvalue weighted by molar-refractivity contribution is 0.112. The van der Waals surface area contributed by atoms with Gasteiger partial charge in [-0.25, -0.2) is 0 Å². The van der Waals surface area contributed by atoms with Crippen LogP contribution in [0, 0.1) is 0 Å². The van der Waals surface area contributed by atoms with Crippen LogP contribution >= 0.6 is 23.4 Å². The maximum atomic E-state index is 9.45. The van der Waals surface area contributed by atoms with E-state index in [2.05, 4.69) is 0 Å². The zero-order valence-electron chi connectivity index (χ0n) is 5.01. The minimum absolute atomic E-state index is 0.310. The lowest BCUT2D eigenvalue weighted by Crippen LogP contribution is -2.30. The van der Waals surface area contributed by atoms with E-state index in [4.69, 9.17) is 11.6 Å². The lowest BCUT2D eigenvalue weighted by Gasteiger charge is -2.23. The fraction of sp³-hybridized carbons (Fsp3) is 0.667. The Labute approximate surface area is 64.1 Å². The fourth-order valence-electron chi connectivity index (χ4n) is 0.673. The largest absolute Gasteiger partial charge is 0.384 e. The van der Waals surface area contributed by atoms with Crippen molar-refractivity contribution in [2.75, 3.05) is 11.6 Å². The summed E-state index contributed by atoms with van der Waals surface area (Å²) in [6.45, 7) is 0. The zero-order chi connectivity index (χ0) is 6.74. The second-order valence-corrected chi connectivity index (χ2v) is 3.44. The summed E-state index contributed by atoms with van der Waals surface area (Å²) in [5.74, 6) is 1.28. The van der Waals surface area contributed by atoms with Crippen molar-refractivity contribution in [3.05, 3.63) is 11.5 Å². The molecular formula is C6H9ClOS. The average molecular weight is 165 g/mol. The van der Waals surface area contributed by atoms with Gasteiger partial charge in [0.05, 0.1) is 11.5 Å².